The standard InChI is InChI=1S/C13H13O3PSe/c1-18-17(14,15-12-8-4-2-5-9-12)16-13-10-6-3-7-11-13/h2-11H,1H3. The van der Waals surface area contributed by atoms with Gasteiger partial charge in [-0.1, -0.05) is 0 Å². The summed E-state index contributed by atoms with van der Waals surface area (Å²) in [6.07, 6.45) is -3.08. The molecule has 0 saturated carbocycles. The molecule has 0 aromatic heterocycles. The molecule has 3 nitrogen and oxygen atoms in total. The summed E-state index contributed by atoms with van der Waals surface area (Å²) in [6.45, 7) is 0. The summed E-state index contributed by atoms with van der Waals surface area (Å²) in [7, 11) is 0. The molecule has 0 aliphatic carbocycles. The number of benzene rings is 2. The zero-order valence-electron chi connectivity index (χ0n) is 9.85. The number of hydrogen-bond donors (Lipinski definition) is 0. The van der Waals surface area contributed by atoms with Gasteiger partial charge >= 0.3 is 112 Å². The summed E-state index contributed by atoms with van der Waals surface area (Å²) in [6, 6.07) is 18.2. The zero-order valence-corrected chi connectivity index (χ0v) is 12.5. The Hall–Kier alpha value is -1.21. The van der Waals surface area contributed by atoms with Crippen molar-refractivity contribution in [2.24, 2.45) is 0 Å². The fraction of sp³-hybridized carbons (Fsp3) is 0.0769. The van der Waals surface area contributed by atoms with Crippen molar-refractivity contribution in [3.05, 3.63) is 60.7 Å². The van der Waals surface area contributed by atoms with Crippen LogP contribution in [0.3, 0.4) is 0 Å². The molecule has 0 amide bonds. The Morgan fingerprint density at radius 1 is 0.833 bits per heavy atom. The second-order valence-electron chi connectivity index (χ2n) is 3.44. The van der Waals surface area contributed by atoms with E-state index in [9.17, 15) is 4.57 Å². The van der Waals surface area contributed by atoms with Crippen LogP contribution in [0.1, 0.15) is 0 Å². The number of rotatable bonds is 5. The first-order chi connectivity index (χ1) is 8.72. The van der Waals surface area contributed by atoms with Gasteiger partial charge in [0.1, 0.15) is 0 Å². The van der Waals surface area contributed by atoms with E-state index in [1.807, 2.05) is 42.2 Å². The molecule has 0 atom stereocenters. The molecule has 0 bridgehead atoms. The van der Waals surface area contributed by atoms with Crippen molar-refractivity contribution in [1.82, 2.24) is 0 Å². The molecule has 0 aliphatic rings. The van der Waals surface area contributed by atoms with Crippen LogP contribution in [0.2, 0.25) is 5.82 Å². The first kappa shape index (κ1) is 13.2. The van der Waals surface area contributed by atoms with Gasteiger partial charge in [0.05, 0.1) is 0 Å². The number of hydrogen-bond acceptors (Lipinski definition) is 3. The van der Waals surface area contributed by atoms with Gasteiger partial charge in [-0.15, -0.1) is 0 Å². The molecule has 0 N–H and O–H groups in total. The van der Waals surface area contributed by atoms with Crippen LogP contribution in [0, 0.1) is 0 Å². The Kier molecular flexibility index (Phi) is 4.48. The first-order valence-corrected chi connectivity index (χ1v) is 10.8. The zero-order chi connectivity index (χ0) is 12.8. The molecule has 0 heterocycles. The van der Waals surface area contributed by atoms with Crippen molar-refractivity contribution in [2.45, 2.75) is 5.82 Å². The van der Waals surface area contributed by atoms with Crippen LogP contribution >= 0.6 is 6.29 Å². The summed E-state index contributed by atoms with van der Waals surface area (Å²) in [4.78, 5) is 0. The van der Waals surface area contributed by atoms with Crippen LogP contribution in [0.5, 0.6) is 11.5 Å². The van der Waals surface area contributed by atoms with E-state index in [1.54, 1.807) is 24.3 Å². The Balaban J connectivity index is 2.14. The minimum atomic E-state index is -3.08. The van der Waals surface area contributed by atoms with Gasteiger partial charge in [0, 0.05) is 0 Å². The average Bonchev–Trinajstić information content (AvgIpc) is 2.41. The van der Waals surface area contributed by atoms with Gasteiger partial charge in [-0.2, -0.15) is 0 Å². The van der Waals surface area contributed by atoms with Gasteiger partial charge < -0.3 is 0 Å². The molecule has 94 valence electrons. The predicted molar refractivity (Wildman–Crippen MR) is 73.4 cm³/mol. The van der Waals surface area contributed by atoms with Gasteiger partial charge in [-0.25, -0.2) is 0 Å². The van der Waals surface area contributed by atoms with Crippen LogP contribution in [0.25, 0.3) is 0 Å². The topological polar surface area (TPSA) is 35.5 Å². The van der Waals surface area contributed by atoms with Crippen LogP contribution in [-0.2, 0) is 4.57 Å². The fourth-order valence-corrected chi connectivity index (χ4v) is 4.28. The third kappa shape index (κ3) is 3.64. The van der Waals surface area contributed by atoms with Gasteiger partial charge in [0.2, 0.25) is 0 Å². The van der Waals surface area contributed by atoms with E-state index in [0.717, 1.165) is 0 Å². The molecule has 2 rings (SSSR count). The van der Waals surface area contributed by atoms with Gasteiger partial charge in [-0.3, -0.25) is 0 Å². The summed E-state index contributed by atoms with van der Waals surface area (Å²) >= 11 is -0.251. The quantitative estimate of drug-likeness (QED) is 0.615. The second-order valence-corrected chi connectivity index (χ2v) is 10.2. The SMILES string of the molecule is C[Se]P(=O)(Oc1ccccc1)Oc1ccccc1. The normalized spacial score (nSPS) is 10.9. The van der Waals surface area contributed by atoms with Crippen molar-refractivity contribution < 1.29 is 13.6 Å². The van der Waals surface area contributed by atoms with Crippen molar-refractivity contribution in [3.63, 3.8) is 0 Å². The predicted octanol–water partition coefficient (Wildman–Crippen LogP) is 4.00. The Morgan fingerprint density at radius 2 is 1.22 bits per heavy atom. The third-order valence-electron chi connectivity index (χ3n) is 2.14. The van der Waals surface area contributed by atoms with Crippen molar-refractivity contribution in [3.8, 4) is 11.5 Å². The third-order valence-corrected chi connectivity index (χ3v) is 7.21. The first-order valence-electron chi connectivity index (χ1n) is 5.37. The monoisotopic (exact) mass is 328 g/mol. The average molecular weight is 327 g/mol. The molecule has 2 aromatic rings. The molecule has 0 aliphatic heterocycles. The molecule has 18 heavy (non-hydrogen) atoms. The molecule has 5 heteroatoms. The molecule has 0 radical (unpaired) electrons. The van der Waals surface area contributed by atoms with E-state index >= 15 is 0 Å². The Bertz CT molecular complexity index is 485. The number of para-hydroxylation sites is 2. The van der Waals surface area contributed by atoms with Crippen LogP contribution in [-0.4, -0.2) is 14.5 Å². The summed E-state index contributed by atoms with van der Waals surface area (Å²) < 4.78 is 23.5. The van der Waals surface area contributed by atoms with Crippen molar-refractivity contribution >= 4 is 20.8 Å². The molecular weight excluding hydrogens is 314 g/mol. The maximum absolute atomic E-state index is 12.5. The van der Waals surface area contributed by atoms with E-state index in [-0.39, 0.29) is 14.5 Å². The van der Waals surface area contributed by atoms with E-state index in [1.165, 1.54) is 0 Å². The molecule has 0 unspecified atom stereocenters. The molecule has 0 saturated heterocycles. The molecule has 2 aromatic carbocycles. The van der Waals surface area contributed by atoms with Crippen molar-refractivity contribution in [2.75, 3.05) is 0 Å². The van der Waals surface area contributed by atoms with E-state index in [2.05, 4.69) is 0 Å². The molecular formula is C13H13O3PSe. The fourth-order valence-electron chi connectivity index (χ4n) is 1.31. The van der Waals surface area contributed by atoms with Gasteiger partial charge in [-0.05, 0) is 0 Å². The van der Waals surface area contributed by atoms with E-state index < -0.39 is 6.29 Å². The minimum absolute atomic E-state index is 0.251. The maximum atomic E-state index is 12.5. The summed E-state index contributed by atoms with van der Waals surface area (Å²) in [5.41, 5.74) is 0. The van der Waals surface area contributed by atoms with Crippen molar-refractivity contribution in [1.29, 1.82) is 0 Å². The van der Waals surface area contributed by atoms with E-state index in [0.29, 0.717) is 11.5 Å². The Morgan fingerprint density at radius 3 is 1.56 bits per heavy atom. The van der Waals surface area contributed by atoms with Crippen LogP contribution in [0.15, 0.2) is 60.7 Å². The Labute approximate surface area is 112 Å². The second kappa shape index (κ2) is 6.10. The summed E-state index contributed by atoms with van der Waals surface area (Å²) in [5.74, 6) is 2.99. The molecule has 0 fully saturated rings. The van der Waals surface area contributed by atoms with Crippen LogP contribution in [0.4, 0.5) is 0 Å². The summed E-state index contributed by atoms with van der Waals surface area (Å²) in [5, 5.41) is 0. The van der Waals surface area contributed by atoms with Gasteiger partial charge in [0.25, 0.3) is 0 Å². The molecule has 0 spiro atoms. The van der Waals surface area contributed by atoms with Gasteiger partial charge in [0.15, 0.2) is 0 Å². The van der Waals surface area contributed by atoms with Crippen LogP contribution < -0.4 is 9.05 Å². The van der Waals surface area contributed by atoms with E-state index in [4.69, 9.17) is 9.05 Å².